The van der Waals surface area contributed by atoms with Gasteiger partial charge in [-0.1, -0.05) is 150 Å². The predicted octanol–water partition coefficient (Wildman–Crippen LogP) is 17.8. The molecule has 3 aromatic rings. The van der Waals surface area contributed by atoms with E-state index in [1.807, 2.05) is 30.5 Å². The number of hydrogen-bond donors (Lipinski definition) is 2. The van der Waals surface area contributed by atoms with E-state index in [9.17, 15) is 0 Å². The van der Waals surface area contributed by atoms with Crippen LogP contribution in [0.5, 0.6) is 0 Å². The molecule has 0 spiro atoms. The number of methoxy groups -OCH3 is 3. The van der Waals surface area contributed by atoms with Gasteiger partial charge in [0, 0.05) is 42.2 Å². The highest BCUT2D eigenvalue weighted by Crippen LogP contribution is 2.35. The lowest BCUT2D eigenvalue weighted by atomic mass is 10.0. The number of hydrogen-bond acceptors (Lipinski definition) is 6. The molecule has 2 N–H and O–H groups in total. The summed E-state index contributed by atoms with van der Waals surface area (Å²) >= 11 is 0. The van der Waals surface area contributed by atoms with Crippen LogP contribution < -0.4 is 0 Å². The Morgan fingerprint density at radius 1 is 0.584 bits per heavy atom. The molecule has 0 unspecified atom stereocenters. The van der Waals surface area contributed by atoms with Gasteiger partial charge < -0.3 is 24.2 Å². The molecule has 77 heavy (non-hydrogen) atoms. The Kier molecular flexibility index (Phi) is 20.6. The maximum atomic E-state index is 5.57. The number of unbranched alkanes of at least 4 members (excludes halogenated alkanes) is 10. The van der Waals surface area contributed by atoms with E-state index in [4.69, 9.17) is 29.2 Å². The molecule has 2 aromatic heterocycles. The van der Waals surface area contributed by atoms with E-state index in [-0.39, 0.29) is 0 Å². The van der Waals surface area contributed by atoms with Crippen LogP contribution in [0.15, 0.2) is 204 Å². The zero-order valence-electron chi connectivity index (χ0n) is 47.4. The number of nitrogens with one attached hydrogen (secondary N) is 2. The number of aryl methyl sites for hydroxylation is 2. The molecule has 1 aromatic carbocycles. The first-order valence-electron chi connectivity index (χ1n) is 28.6. The zero-order chi connectivity index (χ0) is 53.9. The van der Waals surface area contributed by atoms with Gasteiger partial charge in [-0.25, -0.2) is 15.0 Å². The monoisotopic (exact) mass is 1030 g/mol. The second kappa shape index (κ2) is 28.3. The third kappa shape index (κ3) is 15.5. The number of rotatable bonds is 23. The van der Waals surface area contributed by atoms with E-state index < -0.39 is 0 Å². The molecular weight excluding hydrogens is 947 g/mol. The van der Waals surface area contributed by atoms with E-state index in [0.29, 0.717) is 0 Å². The van der Waals surface area contributed by atoms with Crippen molar-refractivity contribution in [3.63, 3.8) is 0 Å². The van der Waals surface area contributed by atoms with E-state index in [0.717, 1.165) is 95.0 Å². The van der Waals surface area contributed by atoms with Crippen molar-refractivity contribution in [2.45, 2.75) is 150 Å². The number of aromatic amines is 2. The van der Waals surface area contributed by atoms with Crippen molar-refractivity contribution in [3.05, 3.63) is 223 Å². The first-order chi connectivity index (χ1) is 37.6. The van der Waals surface area contributed by atoms with Crippen molar-refractivity contribution in [2.24, 2.45) is 15.0 Å². The molecule has 3 aliphatic heterocycles. The maximum Gasteiger partial charge on any atom is 0.146 e. The Hall–Kier alpha value is -7.19. The Morgan fingerprint density at radius 3 is 1.87 bits per heavy atom. The Balaban J connectivity index is 0.000000154. The molecule has 0 saturated carbocycles. The van der Waals surface area contributed by atoms with Crippen LogP contribution in [0.1, 0.15) is 164 Å². The number of nitrogens with zero attached hydrogens (tertiary/aromatic N) is 3. The molecule has 4 aliphatic carbocycles. The molecule has 0 radical (unpaired) electrons. The summed E-state index contributed by atoms with van der Waals surface area (Å²) < 4.78 is 16.6. The van der Waals surface area contributed by atoms with Crippen molar-refractivity contribution in [3.8, 4) is 0 Å². The highest BCUT2D eigenvalue weighted by molar-refractivity contribution is 6.15. The lowest BCUT2D eigenvalue weighted by Gasteiger charge is -2.05. The SMILES string of the molecule is CCCCCCCCCCCC1=CC=C(/C=C2\N=C(c3ccc[nH]3)C=C2OC)C1.CCCCCc1cc(C=C2N=C(C3=CC=CC3)C=C2OC)[nH]c1C.COC1=CC(C2=Cc3ccccc3C2)=N/C1=C\C1=C(C)C=C(C)C1. The summed E-state index contributed by atoms with van der Waals surface area (Å²) in [6.07, 6.45) is 52.4. The maximum absolute atomic E-state index is 5.57. The smallest absolute Gasteiger partial charge is 0.146 e. The fraction of sp³-hybridized carbons (Fsp3) is 0.377. The summed E-state index contributed by atoms with van der Waals surface area (Å²) in [7, 11) is 5.13. The summed E-state index contributed by atoms with van der Waals surface area (Å²) in [6.45, 7) is 11.0. The number of benzene rings is 1. The molecule has 0 amide bonds. The van der Waals surface area contributed by atoms with Crippen LogP contribution in [0, 0.1) is 6.92 Å². The lowest BCUT2D eigenvalue weighted by molar-refractivity contribution is 0.302. The Bertz CT molecular complexity index is 3110. The Labute approximate surface area is 460 Å². The van der Waals surface area contributed by atoms with Crippen molar-refractivity contribution in [1.82, 2.24) is 9.97 Å². The number of fused-ring (bicyclic) bond motifs is 1. The average Bonchev–Trinajstić information content (AvgIpc) is 4.29. The predicted molar refractivity (Wildman–Crippen MR) is 324 cm³/mol. The average molecular weight is 1030 g/mol. The van der Waals surface area contributed by atoms with Crippen LogP contribution in [0.2, 0.25) is 0 Å². The van der Waals surface area contributed by atoms with Gasteiger partial charge in [-0.15, -0.1) is 0 Å². The number of ether oxygens (including phenoxy) is 3. The van der Waals surface area contributed by atoms with Gasteiger partial charge in [0.15, 0.2) is 0 Å². The van der Waals surface area contributed by atoms with E-state index >= 15 is 0 Å². The second-order valence-corrected chi connectivity index (χ2v) is 21.2. The highest BCUT2D eigenvalue weighted by atomic mass is 16.5. The van der Waals surface area contributed by atoms with Crippen LogP contribution in [0.3, 0.4) is 0 Å². The van der Waals surface area contributed by atoms with Gasteiger partial charge in [0.1, 0.15) is 34.4 Å². The van der Waals surface area contributed by atoms with Crippen LogP contribution in [0.4, 0.5) is 0 Å². The van der Waals surface area contributed by atoms with Gasteiger partial charge in [-0.05, 0) is 153 Å². The minimum Gasteiger partial charge on any atom is -0.494 e. The summed E-state index contributed by atoms with van der Waals surface area (Å²) in [6, 6.07) is 14.8. The van der Waals surface area contributed by atoms with Gasteiger partial charge >= 0.3 is 0 Å². The van der Waals surface area contributed by atoms with Crippen molar-refractivity contribution in [1.29, 1.82) is 0 Å². The summed E-state index contributed by atoms with van der Waals surface area (Å²) in [5, 5.41) is 0. The molecule has 0 fully saturated rings. The van der Waals surface area contributed by atoms with Gasteiger partial charge in [-0.2, -0.15) is 0 Å². The fourth-order valence-electron chi connectivity index (χ4n) is 10.8. The number of aromatic nitrogens is 2. The largest absolute Gasteiger partial charge is 0.494 e. The van der Waals surface area contributed by atoms with Crippen molar-refractivity contribution in [2.75, 3.05) is 21.3 Å². The van der Waals surface area contributed by atoms with Gasteiger partial charge in [-0.3, -0.25) is 0 Å². The molecule has 5 heterocycles. The molecule has 8 nitrogen and oxygen atoms in total. The third-order valence-electron chi connectivity index (χ3n) is 15.1. The quantitative estimate of drug-likeness (QED) is 0.0926. The highest BCUT2D eigenvalue weighted by Gasteiger charge is 2.24. The summed E-state index contributed by atoms with van der Waals surface area (Å²) in [4.78, 5) is 21.1. The molecule has 0 saturated heterocycles. The molecule has 402 valence electrons. The fourth-order valence-corrected chi connectivity index (χ4v) is 10.8. The third-order valence-corrected chi connectivity index (χ3v) is 15.1. The second-order valence-electron chi connectivity index (χ2n) is 21.2. The normalized spacial score (nSPS) is 18.7. The molecule has 7 aliphatic rings. The minimum absolute atomic E-state index is 0.831. The number of allylic oxidation sites excluding steroid dienone is 18. The lowest BCUT2D eigenvalue weighted by Crippen LogP contribution is -1.96. The topological polar surface area (TPSA) is 96.3 Å². The first kappa shape index (κ1) is 56.0. The van der Waals surface area contributed by atoms with Gasteiger partial charge in [0.2, 0.25) is 0 Å². The van der Waals surface area contributed by atoms with Crippen LogP contribution in [-0.2, 0) is 27.1 Å². The standard InChI is InChI=1S/C26H36N2O.C22H21NO.C21H26N2O/c1-3-4-5-6-7-8-9-10-11-13-21-15-16-22(18-21)19-25-26(29-2)20-24(28-25)23-14-12-17-27-23;1-14-8-15(2)18(9-14)12-21-22(24-3)13-20(23-21)19-10-16-6-4-5-7-17(16)11-19;1-4-5-6-11-17-12-18(22-15(17)2)13-20-21(24-3)14-19(23-20)16-9-7-8-10-16/h12,14-17,19-20,27H,3-11,13,18H2,1-2H3;4-8,10,12-13H,9,11H2,1-3H3;7-9,12-14,22H,4-6,10-11H2,1-3H3/b25-19-;21-12-;. The molecule has 10 rings (SSSR count). The van der Waals surface area contributed by atoms with Gasteiger partial charge in [0.05, 0.1) is 44.2 Å². The minimum atomic E-state index is 0.831. The van der Waals surface area contributed by atoms with E-state index in [1.54, 1.807) is 26.9 Å². The Morgan fingerprint density at radius 2 is 1.22 bits per heavy atom. The molecular formula is C69H83N5O3. The molecule has 8 heteroatoms. The van der Waals surface area contributed by atoms with Crippen LogP contribution >= 0.6 is 0 Å². The molecule has 0 atom stereocenters. The zero-order valence-corrected chi connectivity index (χ0v) is 47.4. The van der Waals surface area contributed by atoms with Crippen LogP contribution in [0.25, 0.3) is 12.2 Å². The summed E-state index contributed by atoms with van der Waals surface area (Å²) in [5.41, 5.74) is 22.6. The first-order valence-corrected chi connectivity index (χ1v) is 28.6. The van der Waals surface area contributed by atoms with Crippen molar-refractivity contribution < 1.29 is 14.2 Å². The van der Waals surface area contributed by atoms with Gasteiger partial charge in [0.25, 0.3) is 0 Å². The van der Waals surface area contributed by atoms with E-state index in [1.165, 1.54) is 139 Å². The summed E-state index contributed by atoms with van der Waals surface area (Å²) in [5.74, 6) is 2.52. The number of aliphatic imine (C=N–C) groups is 3. The van der Waals surface area contributed by atoms with Crippen LogP contribution in [-0.4, -0.2) is 48.4 Å². The van der Waals surface area contributed by atoms with E-state index in [2.05, 4.69) is 142 Å². The number of H-pyrrole nitrogens is 2. The van der Waals surface area contributed by atoms with Crippen molar-refractivity contribution >= 4 is 29.3 Å². The molecule has 0 bridgehead atoms.